The van der Waals surface area contributed by atoms with Crippen molar-refractivity contribution in [3.8, 4) is 0 Å². The molecule has 1 fully saturated rings. The van der Waals surface area contributed by atoms with Crippen molar-refractivity contribution in [2.45, 2.75) is 50.8 Å². The molecule has 1 aromatic rings. The Morgan fingerprint density at radius 2 is 2.10 bits per heavy atom. The Kier molecular flexibility index (Phi) is 4.44. The quantitative estimate of drug-likeness (QED) is 0.850. The van der Waals surface area contributed by atoms with Gasteiger partial charge in [-0.05, 0) is 26.7 Å². The minimum Gasteiger partial charge on any atom is -0.360 e. The highest BCUT2D eigenvalue weighted by molar-refractivity contribution is 7.90. The van der Waals surface area contributed by atoms with Gasteiger partial charge in [0.1, 0.15) is 5.76 Å². The molecule has 0 aromatic carbocycles. The Morgan fingerprint density at radius 1 is 1.45 bits per heavy atom. The number of hydrogen-bond acceptors (Lipinski definition) is 5. The summed E-state index contributed by atoms with van der Waals surface area (Å²) in [5.41, 5.74) is 0. The first-order chi connectivity index (χ1) is 9.38. The first-order valence-corrected chi connectivity index (χ1v) is 8.18. The molecular weight excluding hydrogens is 282 g/mol. The summed E-state index contributed by atoms with van der Waals surface area (Å²) in [4.78, 5) is 11.9. The van der Waals surface area contributed by atoms with Gasteiger partial charge in [-0.3, -0.25) is 4.79 Å². The smallest absolute Gasteiger partial charge is 0.243 e. The van der Waals surface area contributed by atoms with Gasteiger partial charge >= 0.3 is 0 Å². The lowest BCUT2D eigenvalue weighted by molar-refractivity contribution is -0.117. The first-order valence-electron chi connectivity index (χ1n) is 6.64. The van der Waals surface area contributed by atoms with Gasteiger partial charge < -0.3 is 9.84 Å². The zero-order valence-electron chi connectivity index (χ0n) is 11.5. The fraction of sp³-hybridized carbons (Fsp3) is 0.667. The highest BCUT2D eigenvalue weighted by Gasteiger charge is 2.31. The van der Waals surface area contributed by atoms with Crippen LogP contribution in [-0.2, 0) is 14.8 Å². The van der Waals surface area contributed by atoms with Gasteiger partial charge in [-0.1, -0.05) is 18.0 Å². The number of aromatic nitrogens is 1. The lowest BCUT2D eigenvalue weighted by Gasteiger charge is -2.16. The molecule has 2 rings (SSSR count). The van der Waals surface area contributed by atoms with Crippen LogP contribution in [0.1, 0.15) is 38.4 Å². The second-order valence-corrected chi connectivity index (χ2v) is 7.10. The first kappa shape index (κ1) is 15.0. The molecule has 1 heterocycles. The Morgan fingerprint density at radius 3 is 2.65 bits per heavy atom. The van der Waals surface area contributed by atoms with Crippen LogP contribution in [0.5, 0.6) is 0 Å². The standard InChI is InChI=1S/C12H19N3O4S/c1-8-7-11(14-19-8)13-12(16)9(2)15-20(17,18)10-5-3-4-6-10/h7,9-10,15H,3-6H2,1-2H3,(H,13,14,16)/t9-/m1/s1. The van der Waals surface area contributed by atoms with Gasteiger partial charge in [0.05, 0.1) is 11.3 Å². The minimum atomic E-state index is -3.45. The summed E-state index contributed by atoms with van der Waals surface area (Å²) in [6.45, 7) is 3.21. The van der Waals surface area contributed by atoms with Crippen LogP contribution in [0, 0.1) is 6.92 Å². The molecule has 0 unspecified atom stereocenters. The lowest BCUT2D eigenvalue weighted by atomic mass is 10.3. The number of carbonyl (C=O) groups excluding carboxylic acids is 1. The maximum atomic E-state index is 12.1. The van der Waals surface area contributed by atoms with Crippen molar-refractivity contribution >= 4 is 21.7 Å². The summed E-state index contributed by atoms with van der Waals surface area (Å²) in [5, 5.41) is 5.75. The van der Waals surface area contributed by atoms with Gasteiger partial charge in [-0.2, -0.15) is 0 Å². The van der Waals surface area contributed by atoms with Crippen molar-refractivity contribution in [2.75, 3.05) is 5.32 Å². The van der Waals surface area contributed by atoms with Crippen molar-refractivity contribution in [2.24, 2.45) is 0 Å². The molecule has 1 aliphatic rings. The molecule has 1 aliphatic carbocycles. The topological polar surface area (TPSA) is 101 Å². The van der Waals surface area contributed by atoms with Crippen LogP contribution in [0.25, 0.3) is 0 Å². The summed E-state index contributed by atoms with van der Waals surface area (Å²) in [5.74, 6) is 0.388. The molecule has 1 saturated carbocycles. The molecule has 112 valence electrons. The van der Waals surface area contributed by atoms with Gasteiger partial charge in [-0.15, -0.1) is 0 Å². The highest BCUT2D eigenvalue weighted by Crippen LogP contribution is 2.24. The summed E-state index contributed by atoms with van der Waals surface area (Å²) in [6, 6.07) is 0.716. The van der Waals surface area contributed by atoms with E-state index in [1.54, 1.807) is 13.0 Å². The molecule has 0 radical (unpaired) electrons. The Bertz CT molecular complexity index is 575. The monoisotopic (exact) mass is 301 g/mol. The zero-order valence-corrected chi connectivity index (χ0v) is 12.4. The minimum absolute atomic E-state index is 0.277. The van der Waals surface area contributed by atoms with Crippen LogP contribution in [0.4, 0.5) is 5.82 Å². The van der Waals surface area contributed by atoms with E-state index in [1.807, 2.05) is 0 Å². The van der Waals surface area contributed by atoms with Crippen LogP contribution in [0.15, 0.2) is 10.6 Å². The Balaban J connectivity index is 1.93. The third-order valence-corrected chi connectivity index (χ3v) is 5.39. The van der Waals surface area contributed by atoms with E-state index >= 15 is 0 Å². The predicted octanol–water partition coefficient (Wildman–Crippen LogP) is 1.17. The Hall–Kier alpha value is -1.41. The summed E-state index contributed by atoms with van der Waals surface area (Å²) < 4.78 is 31.4. The third kappa shape index (κ3) is 3.57. The second-order valence-electron chi connectivity index (χ2n) is 5.10. The van der Waals surface area contributed by atoms with Crippen molar-refractivity contribution in [3.63, 3.8) is 0 Å². The van der Waals surface area contributed by atoms with Gasteiger partial charge in [0.25, 0.3) is 0 Å². The number of rotatable bonds is 5. The number of nitrogens with zero attached hydrogens (tertiary/aromatic N) is 1. The fourth-order valence-electron chi connectivity index (χ4n) is 2.25. The van der Waals surface area contributed by atoms with E-state index in [1.165, 1.54) is 6.92 Å². The van der Waals surface area contributed by atoms with E-state index in [9.17, 15) is 13.2 Å². The van der Waals surface area contributed by atoms with E-state index < -0.39 is 22.0 Å². The highest BCUT2D eigenvalue weighted by atomic mass is 32.2. The van der Waals surface area contributed by atoms with Crippen molar-refractivity contribution < 1.29 is 17.7 Å². The molecule has 7 nitrogen and oxygen atoms in total. The molecule has 1 atom stereocenters. The van der Waals surface area contributed by atoms with E-state index in [0.717, 1.165) is 12.8 Å². The molecule has 0 saturated heterocycles. The predicted molar refractivity (Wildman–Crippen MR) is 73.6 cm³/mol. The lowest BCUT2D eigenvalue weighted by Crippen LogP contribution is -2.44. The molecule has 0 bridgehead atoms. The zero-order chi connectivity index (χ0) is 14.8. The molecule has 2 N–H and O–H groups in total. The van der Waals surface area contributed by atoms with Crippen LogP contribution < -0.4 is 10.0 Å². The molecule has 8 heteroatoms. The van der Waals surface area contributed by atoms with Gasteiger partial charge in [-0.25, -0.2) is 13.1 Å². The number of sulfonamides is 1. The van der Waals surface area contributed by atoms with E-state index in [2.05, 4.69) is 15.2 Å². The maximum absolute atomic E-state index is 12.1. The largest absolute Gasteiger partial charge is 0.360 e. The summed E-state index contributed by atoms with van der Waals surface area (Å²) in [7, 11) is -3.45. The molecular formula is C12H19N3O4S. The van der Waals surface area contributed by atoms with Gasteiger partial charge in [0, 0.05) is 6.07 Å². The molecule has 1 amide bonds. The SMILES string of the molecule is Cc1cc(NC(=O)[C@@H](C)NS(=O)(=O)C2CCCC2)no1. The summed E-state index contributed by atoms with van der Waals surface area (Å²) >= 11 is 0. The fourth-order valence-corrected chi connectivity index (χ4v) is 4.00. The van der Waals surface area contributed by atoms with E-state index in [4.69, 9.17) is 4.52 Å². The van der Waals surface area contributed by atoms with Gasteiger partial charge in [0.15, 0.2) is 5.82 Å². The number of aryl methyl sites for hydroxylation is 1. The number of amides is 1. The Labute approximate surface area is 118 Å². The van der Waals surface area contributed by atoms with Gasteiger partial charge in [0.2, 0.25) is 15.9 Å². The third-order valence-electron chi connectivity index (χ3n) is 3.35. The van der Waals surface area contributed by atoms with E-state index in [-0.39, 0.29) is 11.1 Å². The normalized spacial score (nSPS) is 18.1. The van der Waals surface area contributed by atoms with Crippen LogP contribution >= 0.6 is 0 Å². The molecule has 20 heavy (non-hydrogen) atoms. The van der Waals surface area contributed by atoms with Crippen molar-refractivity contribution in [1.29, 1.82) is 0 Å². The number of nitrogens with one attached hydrogen (secondary N) is 2. The molecule has 0 aliphatic heterocycles. The average Bonchev–Trinajstić information content (AvgIpc) is 3.00. The number of carbonyl (C=O) groups is 1. The maximum Gasteiger partial charge on any atom is 0.243 e. The van der Waals surface area contributed by atoms with Crippen LogP contribution in [-0.4, -0.2) is 30.8 Å². The number of hydrogen-bond donors (Lipinski definition) is 2. The van der Waals surface area contributed by atoms with Crippen molar-refractivity contribution in [3.05, 3.63) is 11.8 Å². The molecule has 1 aromatic heterocycles. The second kappa shape index (κ2) is 5.92. The number of anilines is 1. The van der Waals surface area contributed by atoms with Crippen LogP contribution in [0.3, 0.4) is 0 Å². The van der Waals surface area contributed by atoms with Crippen molar-refractivity contribution in [1.82, 2.24) is 9.88 Å². The van der Waals surface area contributed by atoms with Crippen LogP contribution in [0.2, 0.25) is 0 Å². The molecule has 0 spiro atoms. The summed E-state index contributed by atoms with van der Waals surface area (Å²) in [6.07, 6.45) is 3.16. The van der Waals surface area contributed by atoms with E-state index in [0.29, 0.717) is 18.6 Å². The average molecular weight is 301 g/mol.